The predicted octanol–water partition coefficient (Wildman–Crippen LogP) is 1.94. The Morgan fingerprint density at radius 1 is 1.07 bits per heavy atom. The molecule has 1 aliphatic carbocycles. The Labute approximate surface area is 86.7 Å². The van der Waals surface area contributed by atoms with E-state index < -0.39 is 0 Å². The summed E-state index contributed by atoms with van der Waals surface area (Å²) in [6, 6.07) is 0. The van der Waals surface area contributed by atoms with Gasteiger partial charge in [0.1, 0.15) is 5.78 Å². The van der Waals surface area contributed by atoms with Crippen molar-refractivity contribution in [3.63, 3.8) is 0 Å². The Hall–Kier alpha value is -0.370. The number of Topliss-reactive ketones (excluding diaryl/α,β-unsaturated/α-hetero) is 1. The van der Waals surface area contributed by atoms with Crippen LogP contribution in [0.2, 0.25) is 0 Å². The quantitative estimate of drug-likeness (QED) is 0.671. The van der Waals surface area contributed by atoms with E-state index in [1.807, 2.05) is 0 Å². The lowest BCUT2D eigenvalue weighted by atomic mass is 9.72. The minimum absolute atomic E-state index is 0.393. The molecular weight excluding hydrogens is 174 g/mol. The number of hydrogen-bond donors (Lipinski definition) is 0. The van der Waals surface area contributed by atoms with Crippen molar-refractivity contribution in [1.82, 2.24) is 4.90 Å². The molecule has 0 aromatic rings. The van der Waals surface area contributed by atoms with Crippen LogP contribution in [0.1, 0.15) is 32.6 Å². The summed E-state index contributed by atoms with van der Waals surface area (Å²) in [5, 5.41) is 0. The van der Waals surface area contributed by atoms with Gasteiger partial charge in [-0.25, -0.2) is 0 Å². The van der Waals surface area contributed by atoms with Gasteiger partial charge in [0.15, 0.2) is 0 Å². The minimum atomic E-state index is 0.393. The molecule has 0 aromatic heterocycles. The van der Waals surface area contributed by atoms with E-state index in [-0.39, 0.29) is 0 Å². The topological polar surface area (TPSA) is 20.3 Å². The van der Waals surface area contributed by atoms with Crippen molar-refractivity contribution < 1.29 is 4.79 Å². The number of likely N-dealkylation sites (tertiary alicyclic amines) is 1. The highest BCUT2D eigenvalue weighted by molar-refractivity contribution is 5.78. The number of ketones is 1. The molecule has 0 aromatic carbocycles. The number of hydrogen-bond acceptors (Lipinski definition) is 2. The fraction of sp³-hybridized carbons (Fsp3) is 0.917. The maximum absolute atomic E-state index is 11.2. The number of carbonyl (C=O) groups excluding carboxylic acids is 1. The maximum atomic E-state index is 11.2. The molecule has 0 amide bonds. The van der Waals surface area contributed by atoms with Crippen LogP contribution >= 0.6 is 0 Å². The van der Waals surface area contributed by atoms with Gasteiger partial charge in [-0.05, 0) is 51.5 Å². The van der Waals surface area contributed by atoms with Crippen LogP contribution in [-0.2, 0) is 4.79 Å². The van der Waals surface area contributed by atoms with E-state index in [1.54, 1.807) is 6.92 Å². The van der Waals surface area contributed by atoms with Crippen molar-refractivity contribution in [3.8, 4) is 0 Å². The average Bonchev–Trinajstić information content (AvgIpc) is 2.13. The van der Waals surface area contributed by atoms with E-state index in [0.29, 0.717) is 11.7 Å². The van der Waals surface area contributed by atoms with Gasteiger partial charge in [0.05, 0.1) is 0 Å². The summed E-state index contributed by atoms with van der Waals surface area (Å²) in [7, 11) is 2.19. The molecule has 1 heterocycles. The lowest BCUT2D eigenvalue weighted by Gasteiger charge is -2.43. The van der Waals surface area contributed by atoms with Gasteiger partial charge >= 0.3 is 0 Å². The van der Waals surface area contributed by atoms with Gasteiger partial charge in [0, 0.05) is 19.0 Å². The first-order valence-corrected chi connectivity index (χ1v) is 5.86. The lowest BCUT2D eigenvalue weighted by Crippen LogP contribution is -2.48. The summed E-state index contributed by atoms with van der Waals surface area (Å²) in [6.07, 6.45) is 4.89. The Morgan fingerprint density at radius 2 is 1.64 bits per heavy atom. The third kappa shape index (κ3) is 2.00. The van der Waals surface area contributed by atoms with Crippen molar-refractivity contribution in [1.29, 1.82) is 0 Å². The van der Waals surface area contributed by atoms with Gasteiger partial charge in [-0.15, -0.1) is 0 Å². The van der Waals surface area contributed by atoms with Gasteiger partial charge < -0.3 is 4.90 Å². The lowest BCUT2D eigenvalue weighted by molar-refractivity contribution is -0.122. The molecule has 1 saturated heterocycles. The second-order valence-corrected chi connectivity index (χ2v) is 5.20. The molecule has 0 radical (unpaired) electrons. The molecular formula is C12H21NO. The highest BCUT2D eigenvalue weighted by atomic mass is 16.1. The monoisotopic (exact) mass is 195 g/mol. The first-order valence-electron chi connectivity index (χ1n) is 5.86. The molecule has 14 heavy (non-hydrogen) atoms. The SMILES string of the molecule is CC(=O)C1CCC(C2CN(C)C2)CC1. The molecule has 0 atom stereocenters. The summed E-state index contributed by atoms with van der Waals surface area (Å²) >= 11 is 0. The summed E-state index contributed by atoms with van der Waals surface area (Å²) in [5.74, 6) is 2.66. The van der Waals surface area contributed by atoms with E-state index in [9.17, 15) is 4.79 Å². The van der Waals surface area contributed by atoms with Crippen molar-refractivity contribution in [2.45, 2.75) is 32.6 Å². The molecule has 80 valence electrons. The molecule has 1 saturated carbocycles. The van der Waals surface area contributed by atoms with E-state index in [4.69, 9.17) is 0 Å². The zero-order valence-corrected chi connectivity index (χ0v) is 9.33. The van der Waals surface area contributed by atoms with Crippen LogP contribution in [0.5, 0.6) is 0 Å². The van der Waals surface area contributed by atoms with Crippen LogP contribution in [-0.4, -0.2) is 30.8 Å². The molecule has 2 heteroatoms. The molecule has 0 spiro atoms. The Bertz CT molecular complexity index is 212. The van der Waals surface area contributed by atoms with Gasteiger partial charge in [0.2, 0.25) is 0 Å². The summed E-state index contributed by atoms with van der Waals surface area (Å²) < 4.78 is 0. The summed E-state index contributed by atoms with van der Waals surface area (Å²) in [5.41, 5.74) is 0. The normalized spacial score (nSPS) is 35.3. The average molecular weight is 195 g/mol. The highest BCUT2D eigenvalue weighted by Crippen LogP contribution is 2.37. The first kappa shape index (κ1) is 10.2. The Morgan fingerprint density at radius 3 is 2.07 bits per heavy atom. The molecule has 2 rings (SSSR count). The van der Waals surface area contributed by atoms with Crippen LogP contribution in [0.3, 0.4) is 0 Å². The van der Waals surface area contributed by atoms with Crippen LogP contribution in [0, 0.1) is 17.8 Å². The Balaban J connectivity index is 1.76. The number of carbonyl (C=O) groups is 1. The van der Waals surface area contributed by atoms with Gasteiger partial charge in [-0.3, -0.25) is 4.79 Å². The molecule has 0 bridgehead atoms. The smallest absolute Gasteiger partial charge is 0.132 e. The van der Waals surface area contributed by atoms with E-state index in [2.05, 4.69) is 11.9 Å². The zero-order valence-electron chi connectivity index (χ0n) is 9.33. The second-order valence-electron chi connectivity index (χ2n) is 5.20. The first-order chi connectivity index (χ1) is 6.66. The third-order valence-corrected chi connectivity index (χ3v) is 4.11. The molecule has 2 nitrogen and oxygen atoms in total. The van der Waals surface area contributed by atoms with Crippen molar-refractivity contribution >= 4 is 5.78 Å². The van der Waals surface area contributed by atoms with E-state index in [0.717, 1.165) is 24.7 Å². The van der Waals surface area contributed by atoms with Crippen molar-refractivity contribution in [2.75, 3.05) is 20.1 Å². The minimum Gasteiger partial charge on any atom is -0.306 e. The molecule has 2 fully saturated rings. The second kappa shape index (κ2) is 4.01. The van der Waals surface area contributed by atoms with E-state index in [1.165, 1.54) is 25.9 Å². The van der Waals surface area contributed by atoms with Gasteiger partial charge in [-0.1, -0.05) is 0 Å². The van der Waals surface area contributed by atoms with E-state index >= 15 is 0 Å². The highest BCUT2D eigenvalue weighted by Gasteiger charge is 2.34. The van der Waals surface area contributed by atoms with Crippen molar-refractivity contribution in [3.05, 3.63) is 0 Å². The van der Waals surface area contributed by atoms with Gasteiger partial charge in [-0.2, -0.15) is 0 Å². The Kier molecular flexibility index (Phi) is 2.91. The molecule has 1 aliphatic heterocycles. The fourth-order valence-electron chi connectivity index (χ4n) is 3.04. The van der Waals surface area contributed by atoms with Crippen molar-refractivity contribution in [2.24, 2.45) is 17.8 Å². The number of rotatable bonds is 2. The van der Waals surface area contributed by atoms with Crippen LogP contribution < -0.4 is 0 Å². The van der Waals surface area contributed by atoms with Crippen LogP contribution in [0.25, 0.3) is 0 Å². The molecule has 2 aliphatic rings. The standard InChI is InChI=1S/C12H21NO/c1-9(14)10-3-5-11(6-4-10)12-7-13(2)8-12/h10-12H,3-8H2,1-2H3. The molecule has 0 unspecified atom stereocenters. The van der Waals surface area contributed by atoms with Gasteiger partial charge in [0.25, 0.3) is 0 Å². The zero-order chi connectivity index (χ0) is 10.1. The van der Waals surface area contributed by atoms with Crippen LogP contribution in [0.15, 0.2) is 0 Å². The van der Waals surface area contributed by atoms with Crippen LogP contribution in [0.4, 0.5) is 0 Å². The fourth-order valence-corrected chi connectivity index (χ4v) is 3.04. The number of nitrogens with zero attached hydrogens (tertiary/aromatic N) is 1. The summed E-state index contributed by atoms with van der Waals surface area (Å²) in [6.45, 7) is 4.33. The largest absolute Gasteiger partial charge is 0.306 e. The summed E-state index contributed by atoms with van der Waals surface area (Å²) in [4.78, 5) is 13.6. The maximum Gasteiger partial charge on any atom is 0.132 e. The predicted molar refractivity (Wildman–Crippen MR) is 57.1 cm³/mol. The molecule has 0 N–H and O–H groups in total. The third-order valence-electron chi connectivity index (χ3n) is 4.11.